The first kappa shape index (κ1) is 33.0. The molecule has 0 atom stereocenters. The Morgan fingerprint density at radius 1 is 1.07 bits per heavy atom. The van der Waals surface area contributed by atoms with Crippen LogP contribution in [0.5, 0.6) is 5.75 Å². The minimum Gasteiger partial charge on any atom is -0.461 e. The molecule has 1 fully saturated rings. The van der Waals surface area contributed by atoms with Gasteiger partial charge in [-0.1, -0.05) is 12.0 Å². The van der Waals surface area contributed by atoms with Crippen LogP contribution < -0.4 is 26.0 Å². The molecule has 4 rings (SSSR count). The van der Waals surface area contributed by atoms with Gasteiger partial charge in [-0.15, -0.1) is 0 Å². The van der Waals surface area contributed by atoms with E-state index in [1.165, 1.54) is 17.7 Å². The third kappa shape index (κ3) is 9.03. The summed E-state index contributed by atoms with van der Waals surface area (Å²) in [4.78, 5) is 11.9. The minimum absolute atomic E-state index is 0.0450. The summed E-state index contributed by atoms with van der Waals surface area (Å²) in [5, 5.41) is 13.3. The molecule has 0 radical (unpaired) electrons. The molecule has 0 bridgehead atoms. The Morgan fingerprint density at radius 2 is 1.84 bits per heavy atom. The Morgan fingerprint density at radius 3 is 2.55 bits per heavy atom. The second-order valence-corrected chi connectivity index (χ2v) is 10.7. The quantitative estimate of drug-likeness (QED) is 0.112. The topological polar surface area (TPSA) is 88.6 Å². The van der Waals surface area contributed by atoms with Crippen LogP contribution in [0.15, 0.2) is 42.5 Å². The lowest BCUT2D eigenvalue weighted by molar-refractivity contribution is -0.140. The molecular formula is C32H39F4N5O3. The van der Waals surface area contributed by atoms with Crippen molar-refractivity contribution in [2.75, 3.05) is 51.3 Å². The average molecular weight is 618 g/mol. The van der Waals surface area contributed by atoms with Crippen molar-refractivity contribution < 1.29 is 31.8 Å². The van der Waals surface area contributed by atoms with E-state index in [0.717, 1.165) is 50.9 Å². The Kier molecular flexibility index (Phi) is 11.7. The molecule has 0 saturated heterocycles. The monoisotopic (exact) mass is 617 g/mol. The molecule has 1 aliphatic carbocycles. The Labute approximate surface area is 254 Å². The maximum Gasteiger partial charge on any atom is 0.406 e. The highest BCUT2D eigenvalue weighted by Crippen LogP contribution is 2.32. The van der Waals surface area contributed by atoms with E-state index in [1.54, 1.807) is 37.4 Å². The first-order chi connectivity index (χ1) is 21.2. The number of nitrogens with zero attached hydrogens (tertiary/aromatic N) is 1. The zero-order valence-corrected chi connectivity index (χ0v) is 25.0. The number of rotatable bonds is 13. The number of aromatic nitrogens is 1. The van der Waals surface area contributed by atoms with Gasteiger partial charge in [0.05, 0.1) is 23.4 Å². The van der Waals surface area contributed by atoms with Gasteiger partial charge < -0.3 is 35.3 Å². The molecule has 1 saturated carbocycles. The highest BCUT2D eigenvalue weighted by Gasteiger charge is 2.30. The number of nitrogens with one attached hydrogen (secondary N) is 4. The summed E-state index contributed by atoms with van der Waals surface area (Å²) in [7, 11) is 3.18. The van der Waals surface area contributed by atoms with Gasteiger partial charge in [0.2, 0.25) is 6.86 Å². The fourth-order valence-corrected chi connectivity index (χ4v) is 5.45. The maximum atomic E-state index is 13.6. The molecule has 0 aliphatic heterocycles. The highest BCUT2D eigenvalue weighted by atomic mass is 19.4. The van der Waals surface area contributed by atoms with Crippen molar-refractivity contribution in [2.24, 2.45) is 0 Å². The highest BCUT2D eigenvalue weighted by molar-refractivity contribution is 5.95. The molecule has 4 N–H and O–H groups in total. The first-order valence-electron chi connectivity index (χ1n) is 14.7. The Bertz CT molecular complexity index is 1460. The standard InChI is InChI=1S/C32H39F4N5O3/c1-37-31(42)22-9-14-28(30(18-22)44-21-33)39-15-4-6-25-19-26-27(7-3-8-29(26)41(25)20-32(34,35)36)40-24-12-10-23(11-13-24)38-16-5-17-43-2/h3,7-9,14,18-19,23-24,38-40H,5,10-13,15-17,20-21H2,1-2H3,(H,37,42). The summed E-state index contributed by atoms with van der Waals surface area (Å²) in [6.45, 7) is -0.581. The molecule has 238 valence electrons. The van der Waals surface area contributed by atoms with Gasteiger partial charge in [-0.2, -0.15) is 13.2 Å². The molecule has 1 aliphatic rings. The molecule has 1 heterocycles. The fourth-order valence-electron chi connectivity index (χ4n) is 5.45. The van der Waals surface area contributed by atoms with Crippen LogP contribution in [0.2, 0.25) is 0 Å². The molecule has 0 unspecified atom stereocenters. The average Bonchev–Trinajstić information content (AvgIpc) is 3.35. The van der Waals surface area contributed by atoms with E-state index >= 15 is 0 Å². The van der Waals surface area contributed by atoms with Crippen molar-refractivity contribution in [3.63, 3.8) is 0 Å². The van der Waals surface area contributed by atoms with E-state index in [2.05, 4.69) is 33.1 Å². The normalized spacial score (nSPS) is 16.7. The fraction of sp³-hybridized carbons (Fsp3) is 0.469. The molecule has 0 spiro atoms. The lowest BCUT2D eigenvalue weighted by atomic mass is 9.91. The summed E-state index contributed by atoms with van der Waals surface area (Å²) >= 11 is 0. The van der Waals surface area contributed by atoms with Crippen molar-refractivity contribution in [3.8, 4) is 17.6 Å². The van der Waals surface area contributed by atoms with Crippen LogP contribution in [0.25, 0.3) is 10.9 Å². The number of benzene rings is 2. The molecular weight excluding hydrogens is 578 g/mol. The predicted molar refractivity (Wildman–Crippen MR) is 164 cm³/mol. The van der Waals surface area contributed by atoms with Crippen molar-refractivity contribution in [1.82, 2.24) is 15.2 Å². The van der Waals surface area contributed by atoms with Gasteiger partial charge in [-0.25, -0.2) is 4.39 Å². The van der Waals surface area contributed by atoms with E-state index < -0.39 is 19.6 Å². The van der Waals surface area contributed by atoms with Crippen molar-refractivity contribution in [1.29, 1.82) is 0 Å². The number of carbonyl (C=O) groups excluding carboxylic acids is 1. The molecule has 2 aromatic carbocycles. The second-order valence-electron chi connectivity index (χ2n) is 10.7. The number of alkyl halides is 4. The molecule has 12 heteroatoms. The number of hydrogen-bond acceptors (Lipinski definition) is 6. The van der Waals surface area contributed by atoms with Gasteiger partial charge in [0.25, 0.3) is 5.91 Å². The number of amides is 1. The van der Waals surface area contributed by atoms with Crippen LogP contribution in [0.1, 0.15) is 48.2 Å². The van der Waals surface area contributed by atoms with Crippen molar-refractivity contribution >= 4 is 28.2 Å². The van der Waals surface area contributed by atoms with Crippen molar-refractivity contribution in [3.05, 3.63) is 53.7 Å². The van der Waals surface area contributed by atoms with Crippen LogP contribution >= 0.6 is 0 Å². The molecule has 1 aromatic heterocycles. The van der Waals surface area contributed by atoms with E-state index in [4.69, 9.17) is 9.47 Å². The maximum absolute atomic E-state index is 13.6. The molecule has 8 nitrogen and oxygen atoms in total. The number of hydrogen-bond donors (Lipinski definition) is 4. The molecule has 1 amide bonds. The zero-order valence-electron chi connectivity index (χ0n) is 25.0. The van der Waals surface area contributed by atoms with Gasteiger partial charge in [0, 0.05) is 49.5 Å². The lowest BCUT2D eigenvalue weighted by Gasteiger charge is -2.30. The van der Waals surface area contributed by atoms with E-state index in [0.29, 0.717) is 22.6 Å². The minimum atomic E-state index is -4.44. The van der Waals surface area contributed by atoms with E-state index in [1.807, 2.05) is 6.07 Å². The van der Waals surface area contributed by atoms with E-state index in [-0.39, 0.29) is 35.5 Å². The summed E-state index contributed by atoms with van der Waals surface area (Å²) < 4.78 is 65.1. The Hall–Kier alpha value is -3.95. The van der Waals surface area contributed by atoms with Gasteiger partial charge >= 0.3 is 6.18 Å². The van der Waals surface area contributed by atoms with Gasteiger partial charge in [-0.3, -0.25) is 4.79 Å². The number of methoxy groups -OCH3 is 1. The summed E-state index contributed by atoms with van der Waals surface area (Å²) in [5.74, 6) is 5.51. The zero-order chi connectivity index (χ0) is 31.5. The molecule has 44 heavy (non-hydrogen) atoms. The Balaban J connectivity index is 1.49. The number of halogens is 4. The van der Waals surface area contributed by atoms with Crippen molar-refractivity contribution in [2.45, 2.75) is 56.9 Å². The lowest BCUT2D eigenvalue weighted by Crippen LogP contribution is -2.37. The summed E-state index contributed by atoms with van der Waals surface area (Å²) in [5.41, 5.74) is 2.14. The van der Waals surface area contributed by atoms with Crippen LogP contribution in [0, 0.1) is 11.8 Å². The summed E-state index contributed by atoms with van der Waals surface area (Å²) in [6.07, 6.45) is 0.478. The van der Waals surface area contributed by atoms with E-state index in [9.17, 15) is 22.4 Å². The number of ether oxygens (including phenoxy) is 2. The summed E-state index contributed by atoms with van der Waals surface area (Å²) in [6, 6.07) is 12.2. The molecule has 3 aromatic rings. The number of carbonyl (C=O) groups is 1. The smallest absolute Gasteiger partial charge is 0.406 e. The van der Waals surface area contributed by atoms with Gasteiger partial charge in [-0.05, 0) is 81.0 Å². The SMILES string of the molecule is CNC(=O)c1ccc(NCC#Cc2cc3c(NC4CCC(NCCCOC)CC4)cccc3n2CC(F)(F)F)c(OCF)c1. The first-order valence-corrected chi connectivity index (χ1v) is 14.7. The number of fused-ring (bicyclic) bond motifs is 1. The van der Waals surface area contributed by atoms with Crippen LogP contribution in [-0.4, -0.2) is 69.4 Å². The third-order valence-electron chi connectivity index (χ3n) is 7.59. The largest absolute Gasteiger partial charge is 0.461 e. The van der Waals surface area contributed by atoms with Crippen LogP contribution in [-0.2, 0) is 11.3 Å². The predicted octanol–water partition coefficient (Wildman–Crippen LogP) is 5.68. The third-order valence-corrected chi connectivity index (χ3v) is 7.59. The second kappa shape index (κ2) is 15.7. The van der Waals surface area contributed by atoms with Gasteiger partial charge in [0.15, 0.2) is 0 Å². The van der Waals surface area contributed by atoms with Crippen LogP contribution in [0.3, 0.4) is 0 Å². The van der Waals surface area contributed by atoms with Gasteiger partial charge in [0.1, 0.15) is 12.3 Å². The van der Waals surface area contributed by atoms with Crippen LogP contribution in [0.4, 0.5) is 28.9 Å². The number of anilines is 2.